The molecule has 0 unspecified atom stereocenters. The monoisotopic (exact) mass is 122 g/mol. The number of nitrogens with zero attached hydrogens (tertiary/aromatic N) is 3. The summed E-state index contributed by atoms with van der Waals surface area (Å²) < 4.78 is 0. The van der Waals surface area contributed by atoms with Crippen LogP contribution in [-0.2, 0) is 0 Å². The first-order valence-electron chi connectivity index (χ1n) is 2.53. The normalized spacial score (nSPS) is 8.56. The molecule has 1 N–H and O–H groups in total. The maximum Gasteiger partial charge on any atom is 0.0579 e. The Morgan fingerprint density at radius 3 is 3.00 bits per heavy atom. The predicted octanol–water partition coefficient (Wildman–Crippen LogP) is 2.26. The Morgan fingerprint density at radius 1 is 1.78 bits per heavy atom. The van der Waals surface area contributed by atoms with Crippen LogP contribution in [0.1, 0.15) is 5.69 Å². The largest absolute Gasteiger partial charge is 0.365 e. The first kappa shape index (κ1) is 5.72. The van der Waals surface area contributed by atoms with Crippen molar-refractivity contribution in [3.8, 4) is 0 Å². The zero-order chi connectivity index (χ0) is 6.69. The third kappa shape index (κ3) is 1.03. The molecule has 4 heteroatoms. The van der Waals surface area contributed by atoms with Gasteiger partial charge in [0.2, 0.25) is 0 Å². The van der Waals surface area contributed by atoms with E-state index in [2.05, 4.69) is 15.0 Å². The summed E-state index contributed by atoms with van der Waals surface area (Å²) in [7, 11) is 0. The molecule has 0 aliphatic carbocycles. The van der Waals surface area contributed by atoms with Gasteiger partial charge < -0.3 is 4.98 Å². The third-order valence-electron chi connectivity index (χ3n) is 1.08. The van der Waals surface area contributed by atoms with E-state index in [9.17, 15) is 0 Å². The van der Waals surface area contributed by atoms with Crippen molar-refractivity contribution in [1.82, 2.24) is 4.98 Å². The Balaban J connectivity index is 3.07. The molecule has 1 aromatic heterocycles. The molecule has 46 valence electrons. The van der Waals surface area contributed by atoms with Crippen molar-refractivity contribution in [1.29, 1.82) is 0 Å². The number of azide groups is 1. The van der Waals surface area contributed by atoms with Gasteiger partial charge in [-0.25, -0.2) is 0 Å². The molecule has 0 atom stereocenters. The molecule has 1 rings (SSSR count). The van der Waals surface area contributed by atoms with Gasteiger partial charge in [-0.3, -0.25) is 0 Å². The fourth-order valence-electron chi connectivity index (χ4n) is 0.601. The Morgan fingerprint density at radius 2 is 2.56 bits per heavy atom. The molecule has 0 aliphatic heterocycles. The lowest BCUT2D eigenvalue weighted by molar-refractivity contribution is 1.25. The van der Waals surface area contributed by atoms with Gasteiger partial charge in [-0.1, -0.05) is 5.11 Å². The minimum atomic E-state index is 0.664. The van der Waals surface area contributed by atoms with E-state index in [1.165, 1.54) is 0 Å². The molecule has 4 nitrogen and oxygen atoms in total. The van der Waals surface area contributed by atoms with Crippen molar-refractivity contribution >= 4 is 5.69 Å². The molecule has 0 amide bonds. The summed E-state index contributed by atoms with van der Waals surface area (Å²) in [5, 5.41) is 3.42. The molecule has 0 radical (unpaired) electrons. The molecule has 0 saturated heterocycles. The van der Waals surface area contributed by atoms with E-state index in [0.29, 0.717) is 5.69 Å². The van der Waals surface area contributed by atoms with E-state index in [-0.39, 0.29) is 0 Å². The van der Waals surface area contributed by atoms with Crippen molar-refractivity contribution in [3.05, 3.63) is 28.4 Å². The van der Waals surface area contributed by atoms with Crippen LogP contribution in [0.25, 0.3) is 10.4 Å². The summed E-state index contributed by atoms with van der Waals surface area (Å²) in [6, 6.07) is 1.73. The number of hydrogen-bond donors (Lipinski definition) is 1. The van der Waals surface area contributed by atoms with Crippen LogP contribution >= 0.6 is 0 Å². The van der Waals surface area contributed by atoms with E-state index in [4.69, 9.17) is 5.53 Å². The van der Waals surface area contributed by atoms with Gasteiger partial charge in [0, 0.05) is 16.8 Å². The Bertz CT molecular complexity index is 243. The van der Waals surface area contributed by atoms with Crippen molar-refractivity contribution in [2.24, 2.45) is 5.11 Å². The standard InChI is InChI=1S/C5H6N4/c1-4-5(8-9-6)2-3-7-4/h2-3,7H,1H3. The fourth-order valence-corrected chi connectivity index (χ4v) is 0.601. The molecular formula is C5H6N4. The van der Waals surface area contributed by atoms with Crippen LogP contribution in [0.5, 0.6) is 0 Å². The molecule has 1 aromatic rings. The number of aryl methyl sites for hydroxylation is 1. The van der Waals surface area contributed by atoms with Crippen LogP contribution < -0.4 is 0 Å². The van der Waals surface area contributed by atoms with Gasteiger partial charge in [0.05, 0.1) is 5.69 Å². The van der Waals surface area contributed by atoms with Crippen LogP contribution in [-0.4, -0.2) is 4.98 Å². The highest BCUT2D eigenvalue weighted by Gasteiger charge is 1.91. The minimum absolute atomic E-state index is 0.664. The lowest BCUT2D eigenvalue weighted by Crippen LogP contribution is -1.64. The highest BCUT2D eigenvalue weighted by molar-refractivity contribution is 5.40. The number of aromatic amines is 1. The molecule has 1 heterocycles. The van der Waals surface area contributed by atoms with Gasteiger partial charge in [0.25, 0.3) is 0 Å². The van der Waals surface area contributed by atoms with Crippen LogP contribution in [0.15, 0.2) is 17.4 Å². The SMILES string of the molecule is Cc1[nH]ccc1N=[N+]=[N-]. The molecule has 0 spiro atoms. The van der Waals surface area contributed by atoms with E-state index >= 15 is 0 Å². The molecule has 9 heavy (non-hydrogen) atoms. The molecular weight excluding hydrogens is 116 g/mol. The fraction of sp³-hybridized carbons (Fsp3) is 0.200. The summed E-state index contributed by atoms with van der Waals surface area (Å²) in [6.45, 7) is 1.85. The van der Waals surface area contributed by atoms with Gasteiger partial charge in [0.1, 0.15) is 0 Å². The quantitative estimate of drug-likeness (QED) is 0.337. The van der Waals surface area contributed by atoms with E-state index < -0.39 is 0 Å². The van der Waals surface area contributed by atoms with Gasteiger partial charge in [-0.05, 0) is 18.5 Å². The summed E-state index contributed by atoms with van der Waals surface area (Å²) in [6.07, 6.45) is 1.74. The lowest BCUT2D eigenvalue weighted by atomic mass is 10.4. The third-order valence-corrected chi connectivity index (χ3v) is 1.08. The second kappa shape index (κ2) is 2.24. The second-order valence-electron chi connectivity index (χ2n) is 1.68. The Hall–Kier alpha value is -1.41. The highest BCUT2D eigenvalue weighted by Crippen LogP contribution is 2.14. The van der Waals surface area contributed by atoms with Gasteiger partial charge in [-0.2, -0.15) is 0 Å². The van der Waals surface area contributed by atoms with Crippen molar-refractivity contribution in [2.75, 3.05) is 0 Å². The average molecular weight is 122 g/mol. The maximum atomic E-state index is 8.01. The number of hydrogen-bond acceptors (Lipinski definition) is 1. The first-order valence-corrected chi connectivity index (χ1v) is 2.53. The summed E-state index contributed by atoms with van der Waals surface area (Å²) in [5.41, 5.74) is 9.57. The van der Waals surface area contributed by atoms with Crippen molar-refractivity contribution < 1.29 is 0 Å². The van der Waals surface area contributed by atoms with Crippen LogP contribution in [0.2, 0.25) is 0 Å². The summed E-state index contributed by atoms with van der Waals surface area (Å²) in [4.78, 5) is 5.53. The van der Waals surface area contributed by atoms with Crippen molar-refractivity contribution in [2.45, 2.75) is 6.92 Å². The van der Waals surface area contributed by atoms with Gasteiger partial charge in [0.15, 0.2) is 0 Å². The highest BCUT2D eigenvalue weighted by atomic mass is 15.1. The summed E-state index contributed by atoms with van der Waals surface area (Å²) in [5.74, 6) is 0. The Kier molecular flexibility index (Phi) is 1.42. The zero-order valence-electron chi connectivity index (χ0n) is 5.00. The van der Waals surface area contributed by atoms with Gasteiger partial charge >= 0.3 is 0 Å². The number of aromatic nitrogens is 1. The Labute approximate surface area is 52.1 Å². The van der Waals surface area contributed by atoms with Crippen LogP contribution in [0.3, 0.4) is 0 Å². The first-order chi connectivity index (χ1) is 4.34. The number of rotatable bonds is 1. The van der Waals surface area contributed by atoms with Crippen molar-refractivity contribution in [3.63, 3.8) is 0 Å². The minimum Gasteiger partial charge on any atom is -0.365 e. The number of H-pyrrole nitrogens is 1. The molecule has 0 saturated carbocycles. The average Bonchev–Trinajstić information content (AvgIpc) is 2.18. The smallest absolute Gasteiger partial charge is 0.0579 e. The molecule has 0 aliphatic rings. The topological polar surface area (TPSA) is 64.5 Å². The molecule has 0 aromatic carbocycles. The van der Waals surface area contributed by atoms with Crippen LogP contribution in [0, 0.1) is 6.92 Å². The van der Waals surface area contributed by atoms with Gasteiger partial charge in [-0.15, -0.1) is 0 Å². The molecule has 0 bridgehead atoms. The van der Waals surface area contributed by atoms with E-state index in [1.54, 1.807) is 12.3 Å². The molecule has 0 fully saturated rings. The lowest BCUT2D eigenvalue weighted by Gasteiger charge is -1.82. The summed E-state index contributed by atoms with van der Waals surface area (Å²) >= 11 is 0. The predicted molar refractivity (Wildman–Crippen MR) is 34.3 cm³/mol. The maximum absolute atomic E-state index is 8.01. The van der Waals surface area contributed by atoms with Crippen LogP contribution in [0.4, 0.5) is 5.69 Å². The second-order valence-corrected chi connectivity index (χ2v) is 1.68. The van der Waals surface area contributed by atoms with E-state index in [1.807, 2.05) is 6.92 Å². The number of nitrogens with one attached hydrogen (secondary N) is 1. The zero-order valence-corrected chi connectivity index (χ0v) is 5.00. The van der Waals surface area contributed by atoms with E-state index in [0.717, 1.165) is 5.69 Å².